The molecule has 1 saturated carbocycles. The van der Waals surface area contributed by atoms with Gasteiger partial charge in [-0.1, -0.05) is 30.3 Å². The number of benzene rings is 2. The number of fused-ring (bicyclic) bond motifs is 1. The molecule has 1 aliphatic rings. The van der Waals surface area contributed by atoms with Gasteiger partial charge in [-0.05, 0) is 63.8 Å². The third-order valence-corrected chi connectivity index (χ3v) is 7.08. The van der Waals surface area contributed by atoms with Crippen LogP contribution in [0.5, 0.6) is 0 Å². The van der Waals surface area contributed by atoms with E-state index in [-0.39, 0.29) is 0 Å². The summed E-state index contributed by atoms with van der Waals surface area (Å²) in [5, 5.41) is 13.3. The van der Waals surface area contributed by atoms with E-state index in [0.29, 0.717) is 12.1 Å². The second-order valence-electron chi connectivity index (χ2n) is 9.75. The van der Waals surface area contributed by atoms with Gasteiger partial charge >= 0.3 is 0 Å². The maximum absolute atomic E-state index is 4.82. The molecular formula is C28H35N7. The van der Waals surface area contributed by atoms with Gasteiger partial charge in [0.2, 0.25) is 5.95 Å². The molecule has 0 spiro atoms. The quantitative estimate of drug-likeness (QED) is 0.396. The topological polar surface area (TPSA) is 70.9 Å². The normalized spacial score (nSPS) is 18.1. The second-order valence-corrected chi connectivity index (χ2v) is 9.75. The summed E-state index contributed by atoms with van der Waals surface area (Å²) in [5.41, 5.74) is 5.70. The van der Waals surface area contributed by atoms with Crippen LogP contribution < -0.4 is 15.5 Å². The number of anilines is 2. The molecular weight excluding hydrogens is 434 g/mol. The molecule has 0 bridgehead atoms. The Balaban J connectivity index is 1.19. The van der Waals surface area contributed by atoms with E-state index < -0.39 is 0 Å². The fraction of sp³-hybridized carbons (Fsp3) is 0.393. The molecule has 0 atom stereocenters. The zero-order chi connectivity index (χ0) is 24.4. The van der Waals surface area contributed by atoms with Crippen LogP contribution in [0.4, 0.5) is 11.8 Å². The van der Waals surface area contributed by atoms with Crippen LogP contribution in [-0.4, -0.2) is 45.9 Å². The van der Waals surface area contributed by atoms with Crippen LogP contribution in [0, 0.1) is 13.8 Å². The first-order valence-electron chi connectivity index (χ1n) is 12.5. The predicted octanol–water partition coefficient (Wildman–Crippen LogP) is 5.01. The highest BCUT2D eigenvalue weighted by atomic mass is 15.3. The van der Waals surface area contributed by atoms with Crippen molar-refractivity contribution >= 4 is 22.7 Å². The smallest absolute Gasteiger partial charge is 0.225 e. The van der Waals surface area contributed by atoms with Crippen molar-refractivity contribution in [3.63, 3.8) is 0 Å². The van der Waals surface area contributed by atoms with Crippen molar-refractivity contribution in [2.24, 2.45) is 0 Å². The molecule has 0 aliphatic heterocycles. The van der Waals surface area contributed by atoms with Crippen LogP contribution in [0.3, 0.4) is 0 Å². The summed E-state index contributed by atoms with van der Waals surface area (Å²) in [6.45, 7) is 5.12. The summed E-state index contributed by atoms with van der Waals surface area (Å²) < 4.78 is 2.05. The average molecular weight is 470 g/mol. The van der Waals surface area contributed by atoms with E-state index in [4.69, 9.17) is 15.1 Å². The van der Waals surface area contributed by atoms with E-state index >= 15 is 0 Å². The molecule has 1 aliphatic carbocycles. The number of hydrogen-bond donors (Lipinski definition) is 2. The summed E-state index contributed by atoms with van der Waals surface area (Å²) >= 11 is 0. The molecule has 2 aromatic carbocycles. The van der Waals surface area contributed by atoms with Crippen molar-refractivity contribution in [3.8, 4) is 5.69 Å². The zero-order valence-corrected chi connectivity index (χ0v) is 21.1. The van der Waals surface area contributed by atoms with Gasteiger partial charge in [0.1, 0.15) is 5.82 Å². The van der Waals surface area contributed by atoms with Gasteiger partial charge in [0.15, 0.2) is 0 Å². The zero-order valence-electron chi connectivity index (χ0n) is 21.1. The maximum atomic E-state index is 4.82. The van der Waals surface area contributed by atoms with E-state index in [2.05, 4.69) is 70.5 Å². The Morgan fingerprint density at radius 3 is 2.31 bits per heavy atom. The lowest BCUT2D eigenvalue weighted by atomic mass is 9.91. The summed E-state index contributed by atoms with van der Waals surface area (Å²) in [4.78, 5) is 11.7. The maximum Gasteiger partial charge on any atom is 0.225 e. The minimum absolute atomic E-state index is 0.397. The van der Waals surface area contributed by atoms with Gasteiger partial charge < -0.3 is 15.5 Å². The lowest BCUT2D eigenvalue weighted by Gasteiger charge is -2.30. The van der Waals surface area contributed by atoms with Gasteiger partial charge in [0.25, 0.3) is 0 Å². The Kier molecular flexibility index (Phi) is 6.68. The Labute approximate surface area is 207 Å². The largest absolute Gasteiger partial charge is 0.362 e. The van der Waals surface area contributed by atoms with Crippen molar-refractivity contribution in [2.45, 2.75) is 58.2 Å². The third-order valence-electron chi connectivity index (χ3n) is 7.08. The van der Waals surface area contributed by atoms with Crippen LogP contribution in [0.1, 0.15) is 42.6 Å². The first-order valence-corrected chi connectivity index (χ1v) is 12.5. The molecule has 7 heteroatoms. The van der Waals surface area contributed by atoms with E-state index in [0.717, 1.165) is 66.3 Å². The van der Waals surface area contributed by atoms with Crippen molar-refractivity contribution in [3.05, 3.63) is 71.5 Å². The van der Waals surface area contributed by atoms with Gasteiger partial charge in [-0.25, -0.2) is 9.67 Å². The standard InChI is InChI=1S/C28H35N7/c1-19-25(20(2)35(33-19)23-10-6-5-7-11-23)18-29-21-14-16-22(17-15-21)30-28-31-26-13-9-8-12-24(26)27(32-28)34(3)4/h5-13,21-22,29H,14-18H2,1-4H3,(H,30,31,32). The predicted molar refractivity (Wildman–Crippen MR) is 143 cm³/mol. The first-order chi connectivity index (χ1) is 17.0. The van der Waals surface area contributed by atoms with Gasteiger partial charge in [0, 0.05) is 49.4 Å². The van der Waals surface area contributed by atoms with Gasteiger partial charge in [-0.15, -0.1) is 0 Å². The number of nitrogens with one attached hydrogen (secondary N) is 2. The van der Waals surface area contributed by atoms with Crippen LogP contribution in [0.2, 0.25) is 0 Å². The number of aryl methyl sites for hydroxylation is 1. The van der Waals surface area contributed by atoms with Gasteiger partial charge in [-0.3, -0.25) is 0 Å². The van der Waals surface area contributed by atoms with E-state index in [1.54, 1.807) is 0 Å². The Morgan fingerprint density at radius 1 is 0.886 bits per heavy atom. The van der Waals surface area contributed by atoms with Gasteiger partial charge in [-0.2, -0.15) is 10.1 Å². The molecule has 0 saturated heterocycles. The molecule has 7 nitrogen and oxygen atoms in total. The molecule has 35 heavy (non-hydrogen) atoms. The first kappa shape index (κ1) is 23.3. The summed E-state index contributed by atoms with van der Waals surface area (Å²) in [6, 6.07) is 19.5. The summed E-state index contributed by atoms with van der Waals surface area (Å²) in [5.74, 6) is 1.68. The average Bonchev–Trinajstić information content (AvgIpc) is 3.16. The molecule has 0 amide bonds. The molecule has 2 N–H and O–H groups in total. The number of nitrogens with zero attached hydrogens (tertiary/aromatic N) is 5. The third kappa shape index (κ3) is 5.00. The fourth-order valence-corrected chi connectivity index (χ4v) is 5.09. The van der Waals surface area contributed by atoms with Crippen molar-refractivity contribution in [2.75, 3.05) is 24.3 Å². The second kappa shape index (κ2) is 10.0. The number of hydrogen-bond acceptors (Lipinski definition) is 6. The van der Waals surface area contributed by atoms with E-state index in [1.165, 1.54) is 11.3 Å². The summed E-state index contributed by atoms with van der Waals surface area (Å²) in [7, 11) is 4.06. The Hall–Kier alpha value is -3.45. The van der Waals surface area contributed by atoms with Gasteiger partial charge in [0.05, 0.1) is 16.9 Å². The number of aromatic nitrogens is 4. The van der Waals surface area contributed by atoms with Crippen molar-refractivity contribution in [1.29, 1.82) is 0 Å². The highest BCUT2D eigenvalue weighted by Gasteiger charge is 2.23. The number of rotatable bonds is 7. The Morgan fingerprint density at radius 2 is 1.57 bits per heavy atom. The fourth-order valence-electron chi connectivity index (χ4n) is 5.09. The lowest BCUT2D eigenvalue weighted by Crippen LogP contribution is -2.37. The lowest BCUT2D eigenvalue weighted by molar-refractivity contribution is 0.352. The molecule has 2 heterocycles. The van der Waals surface area contributed by atoms with Crippen LogP contribution >= 0.6 is 0 Å². The highest BCUT2D eigenvalue weighted by Crippen LogP contribution is 2.27. The molecule has 1 fully saturated rings. The van der Waals surface area contributed by atoms with Crippen LogP contribution in [0.15, 0.2) is 54.6 Å². The molecule has 0 unspecified atom stereocenters. The van der Waals surface area contributed by atoms with Crippen molar-refractivity contribution < 1.29 is 0 Å². The van der Waals surface area contributed by atoms with Crippen molar-refractivity contribution in [1.82, 2.24) is 25.1 Å². The van der Waals surface area contributed by atoms with Crippen LogP contribution in [-0.2, 0) is 6.54 Å². The minimum Gasteiger partial charge on any atom is -0.362 e. The highest BCUT2D eigenvalue weighted by molar-refractivity contribution is 5.90. The number of para-hydroxylation sites is 2. The van der Waals surface area contributed by atoms with E-state index in [1.807, 2.05) is 32.3 Å². The SMILES string of the molecule is Cc1nn(-c2ccccc2)c(C)c1CNC1CCC(Nc2nc(N(C)C)c3ccccc3n2)CC1. The molecule has 182 valence electrons. The summed E-state index contributed by atoms with van der Waals surface area (Å²) in [6.07, 6.45) is 4.48. The van der Waals surface area contributed by atoms with Crippen LogP contribution in [0.25, 0.3) is 16.6 Å². The molecule has 5 rings (SSSR count). The molecule has 2 aromatic heterocycles. The Bertz CT molecular complexity index is 1290. The molecule has 4 aromatic rings. The minimum atomic E-state index is 0.397. The monoisotopic (exact) mass is 469 g/mol. The molecule has 0 radical (unpaired) electrons. The van der Waals surface area contributed by atoms with E-state index in [9.17, 15) is 0 Å².